The molecule has 0 radical (unpaired) electrons. The van der Waals surface area contributed by atoms with Gasteiger partial charge in [0, 0.05) is 26.0 Å². The van der Waals surface area contributed by atoms with Crippen molar-refractivity contribution in [2.75, 3.05) is 23.5 Å². The summed E-state index contributed by atoms with van der Waals surface area (Å²) in [7, 11) is 1.36. The van der Waals surface area contributed by atoms with E-state index >= 15 is 0 Å². The van der Waals surface area contributed by atoms with Crippen LogP contribution in [-0.2, 0) is 22.4 Å². The van der Waals surface area contributed by atoms with Crippen molar-refractivity contribution in [1.29, 1.82) is 0 Å². The van der Waals surface area contributed by atoms with Crippen LogP contribution in [0.15, 0.2) is 53.4 Å². The van der Waals surface area contributed by atoms with E-state index in [1.54, 1.807) is 30.3 Å². The molecule has 0 saturated heterocycles. The Kier molecular flexibility index (Phi) is 8.15. The number of hydrogen-bond donors (Lipinski definition) is 2. The van der Waals surface area contributed by atoms with Gasteiger partial charge in [0.2, 0.25) is 5.91 Å². The number of methoxy groups -OCH3 is 1. The van der Waals surface area contributed by atoms with Crippen LogP contribution in [0.3, 0.4) is 0 Å². The number of anilines is 2. The Hall–Kier alpha value is -2.81. The molecule has 6 nitrogen and oxygen atoms in total. The topological polar surface area (TPSA) is 84.5 Å². The van der Waals surface area contributed by atoms with Gasteiger partial charge in [0.1, 0.15) is 5.00 Å². The summed E-state index contributed by atoms with van der Waals surface area (Å²) >= 11 is 8.79. The number of esters is 1. The first kappa shape index (κ1) is 25.3. The van der Waals surface area contributed by atoms with Crippen LogP contribution in [0.1, 0.15) is 44.5 Å². The van der Waals surface area contributed by atoms with Crippen molar-refractivity contribution < 1.29 is 19.1 Å². The predicted molar refractivity (Wildman–Crippen MR) is 142 cm³/mol. The van der Waals surface area contributed by atoms with Crippen molar-refractivity contribution in [3.63, 3.8) is 0 Å². The average Bonchev–Trinajstić information content (AvgIpc) is 3.19. The van der Waals surface area contributed by atoms with Crippen LogP contribution >= 0.6 is 34.7 Å². The average molecular weight is 529 g/mol. The van der Waals surface area contributed by atoms with Crippen LogP contribution in [0.25, 0.3) is 0 Å². The first-order chi connectivity index (χ1) is 16.8. The monoisotopic (exact) mass is 528 g/mol. The van der Waals surface area contributed by atoms with Gasteiger partial charge in [-0.3, -0.25) is 9.59 Å². The molecule has 0 aliphatic heterocycles. The van der Waals surface area contributed by atoms with E-state index < -0.39 is 5.97 Å². The fourth-order valence-electron chi connectivity index (χ4n) is 3.97. The third-order valence-corrected chi connectivity index (χ3v) is 8.10. The Morgan fingerprint density at radius 1 is 1.14 bits per heavy atom. The highest BCUT2D eigenvalue weighted by molar-refractivity contribution is 8.00. The van der Waals surface area contributed by atoms with Gasteiger partial charge in [-0.2, -0.15) is 0 Å². The number of carbonyl (C=O) groups excluding carboxylic acids is 3. The number of fused-ring (bicyclic) bond motifs is 1. The Morgan fingerprint density at radius 3 is 2.71 bits per heavy atom. The maximum absolute atomic E-state index is 12.7. The van der Waals surface area contributed by atoms with Crippen molar-refractivity contribution in [1.82, 2.24) is 0 Å². The normalized spacial score (nSPS) is 14.7. The van der Waals surface area contributed by atoms with Crippen LogP contribution in [0.5, 0.6) is 0 Å². The standard InChI is InChI=1S/C26H25ClN2O4S2/c1-15-9-10-20-21(11-15)35-25(23(20)26(32)33-2)29-22(30)14-34-19-8-4-7-18(13-19)28-24(31)16-5-3-6-17(27)12-16/h3-8,12-13,15H,9-11,14H2,1-2H3,(H,28,31)(H,29,30). The van der Waals surface area contributed by atoms with E-state index in [4.69, 9.17) is 16.3 Å². The zero-order valence-corrected chi connectivity index (χ0v) is 21.7. The molecule has 1 unspecified atom stereocenters. The molecule has 2 amide bonds. The zero-order valence-electron chi connectivity index (χ0n) is 19.4. The van der Waals surface area contributed by atoms with Gasteiger partial charge in [0.05, 0.1) is 18.4 Å². The molecule has 0 bridgehead atoms. The number of carbonyl (C=O) groups is 3. The molecular formula is C26H25ClN2O4S2. The van der Waals surface area contributed by atoms with Gasteiger partial charge in [-0.15, -0.1) is 23.1 Å². The fraction of sp³-hybridized carbons (Fsp3) is 0.269. The summed E-state index contributed by atoms with van der Waals surface area (Å²) < 4.78 is 4.99. The first-order valence-corrected chi connectivity index (χ1v) is 13.3. The molecule has 1 heterocycles. The summed E-state index contributed by atoms with van der Waals surface area (Å²) in [6.45, 7) is 2.20. The largest absolute Gasteiger partial charge is 0.465 e. The highest BCUT2D eigenvalue weighted by Crippen LogP contribution is 2.40. The number of nitrogens with one attached hydrogen (secondary N) is 2. The number of rotatable bonds is 7. The van der Waals surface area contributed by atoms with Crippen LogP contribution in [-0.4, -0.2) is 30.6 Å². The molecule has 2 N–H and O–H groups in total. The van der Waals surface area contributed by atoms with Crippen LogP contribution in [0, 0.1) is 5.92 Å². The summed E-state index contributed by atoms with van der Waals surface area (Å²) in [6.07, 6.45) is 2.74. The molecular weight excluding hydrogens is 504 g/mol. The Bertz CT molecular complexity index is 1270. The summed E-state index contributed by atoms with van der Waals surface area (Å²) in [5.74, 6) is -0.176. The SMILES string of the molecule is COC(=O)c1c(NC(=O)CSc2cccc(NC(=O)c3cccc(Cl)c3)c2)sc2c1CCC(C)C2. The molecule has 0 saturated carbocycles. The maximum Gasteiger partial charge on any atom is 0.341 e. The third kappa shape index (κ3) is 6.25. The molecule has 4 rings (SSSR count). The van der Waals surface area contributed by atoms with Gasteiger partial charge in [-0.25, -0.2) is 4.79 Å². The zero-order chi connectivity index (χ0) is 24.9. The Morgan fingerprint density at radius 2 is 1.94 bits per heavy atom. The number of hydrogen-bond acceptors (Lipinski definition) is 6. The molecule has 35 heavy (non-hydrogen) atoms. The smallest absolute Gasteiger partial charge is 0.341 e. The van der Waals surface area contributed by atoms with E-state index in [1.807, 2.05) is 18.2 Å². The highest BCUT2D eigenvalue weighted by Gasteiger charge is 2.28. The Labute approximate surface area is 217 Å². The number of amides is 2. The van der Waals surface area contributed by atoms with Crippen molar-refractivity contribution in [3.8, 4) is 0 Å². The lowest BCUT2D eigenvalue weighted by atomic mass is 9.88. The summed E-state index contributed by atoms with van der Waals surface area (Å²) in [6, 6.07) is 14.0. The molecule has 1 aliphatic carbocycles. The number of benzene rings is 2. The minimum absolute atomic E-state index is 0.158. The van der Waals surface area contributed by atoms with Gasteiger partial charge in [-0.05, 0) is 67.1 Å². The van der Waals surface area contributed by atoms with Gasteiger partial charge in [0.15, 0.2) is 0 Å². The van der Waals surface area contributed by atoms with E-state index in [2.05, 4.69) is 17.6 Å². The third-order valence-electron chi connectivity index (χ3n) is 5.70. The number of thioether (sulfide) groups is 1. The van der Waals surface area contributed by atoms with E-state index in [0.717, 1.165) is 34.6 Å². The highest BCUT2D eigenvalue weighted by atomic mass is 35.5. The van der Waals surface area contributed by atoms with Crippen LogP contribution in [0.4, 0.5) is 10.7 Å². The molecule has 0 fully saturated rings. The van der Waals surface area contributed by atoms with E-state index in [9.17, 15) is 14.4 Å². The van der Waals surface area contributed by atoms with E-state index in [1.165, 1.54) is 30.2 Å². The second-order valence-electron chi connectivity index (χ2n) is 8.38. The number of ether oxygens (including phenoxy) is 1. The van der Waals surface area contributed by atoms with Crippen molar-refractivity contribution >= 4 is 63.2 Å². The molecule has 1 atom stereocenters. The second-order valence-corrected chi connectivity index (χ2v) is 11.0. The maximum atomic E-state index is 12.7. The molecule has 182 valence electrons. The quantitative estimate of drug-likeness (QED) is 0.278. The molecule has 1 aliphatic rings. The van der Waals surface area contributed by atoms with Crippen LogP contribution in [0.2, 0.25) is 5.02 Å². The van der Waals surface area contributed by atoms with E-state index in [0.29, 0.717) is 32.8 Å². The summed E-state index contributed by atoms with van der Waals surface area (Å²) in [5.41, 5.74) is 2.58. The van der Waals surface area contributed by atoms with Gasteiger partial charge in [-0.1, -0.05) is 30.7 Å². The molecule has 2 aromatic carbocycles. The molecule has 0 spiro atoms. The first-order valence-electron chi connectivity index (χ1n) is 11.2. The van der Waals surface area contributed by atoms with Gasteiger partial charge in [0.25, 0.3) is 5.91 Å². The second kappa shape index (κ2) is 11.3. The van der Waals surface area contributed by atoms with Crippen molar-refractivity contribution in [3.05, 3.63) is 75.1 Å². The van der Waals surface area contributed by atoms with Gasteiger partial charge >= 0.3 is 5.97 Å². The predicted octanol–water partition coefficient (Wildman–Crippen LogP) is 6.30. The summed E-state index contributed by atoms with van der Waals surface area (Å²) in [4.78, 5) is 39.7. The summed E-state index contributed by atoms with van der Waals surface area (Å²) in [5, 5.41) is 6.82. The lowest BCUT2D eigenvalue weighted by Gasteiger charge is -2.18. The van der Waals surface area contributed by atoms with Crippen molar-refractivity contribution in [2.24, 2.45) is 5.92 Å². The fourth-order valence-corrected chi connectivity index (χ4v) is 6.33. The minimum Gasteiger partial charge on any atom is -0.465 e. The lowest BCUT2D eigenvalue weighted by Crippen LogP contribution is -2.17. The number of thiophene rings is 1. The van der Waals surface area contributed by atoms with Crippen molar-refractivity contribution in [2.45, 2.75) is 31.1 Å². The minimum atomic E-state index is -0.414. The Balaban J connectivity index is 1.40. The van der Waals surface area contributed by atoms with Gasteiger partial charge < -0.3 is 15.4 Å². The molecule has 1 aromatic heterocycles. The molecule has 3 aromatic rings. The molecule has 9 heteroatoms. The lowest BCUT2D eigenvalue weighted by molar-refractivity contribution is -0.113. The van der Waals surface area contributed by atoms with Crippen LogP contribution < -0.4 is 10.6 Å². The number of halogens is 1. The van der Waals surface area contributed by atoms with E-state index in [-0.39, 0.29) is 17.6 Å².